The first kappa shape index (κ1) is 12.7. The molecular weight excluding hydrogens is 326 g/mol. The fourth-order valence-corrected chi connectivity index (χ4v) is 3.09. The van der Waals surface area contributed by atoms with Crippen molar-refractivity contribution >= 4 is 38.3 Å². The molecule has 2 aromatic rings. The van der Waals surface area contributed by atoms with E-state index in [-0.39, 0.29) is 5.91 Å². The van der Waals surface area contributed by atoms with Crippen LogP contribution >= 0.6 is 27.3 Å². The molecule has 1 N–H and O–H groups in total. The SMILES string of the molecule is O=C(Nc1nncs1)C1(c2ccc(Br)cc2)CCC1. The third kappa shape index (κ3) is 2.30. The van der Waals surface area contributed by atoms with Gasteiger partial charge in [0.15, 0.2) is 0 Å². The minimum atomic E-state index is -0.396. The molecule has 1 aromatic carbocycles. The van der Waals surface area contributed by atoms with Crippen LogP contribution in [0.1, 0.15) is 24.8 Å². The Hall–Kier alpha value is -1.27. The van der Waals surface area contributed by atoms with Gasteiger partial charge in [-0.3, -0.25) is 10.1 Å². The van der Waals surface area contributed by atoms with Crippen LogP contribution in [0.2, 0.25) is 0 Å². The van der Waals surface area contributed by atoms with E-state index in [1.807, 2.05) is 24.3 Å². The molecule has 0 unspecified atom stereocenters. The van der Waals surface area contributed by atoms with E-state index in [9.17, 15) is 4.79 Å². The molecule has 0 aliphatic heterocycles. The quantitative estimate of drug-likeness (QED) is 0.934. The number of carbonyl (C=O) groups excluding carboxylic acids is 1. The first-order valence-electron chi connectivity index (χ1n) is 6.04. The fourth-order valence-electron chi connectivity index (χ4n) is 2.39. The summed E-state index contributed by atoms with van der Waals surface area (Å²) in [5.74, 6) is 0.0258. The summed E-state index contributed by atoms with van der Waals surface area (Å²) in [5.41, 5.74) is 2.29. The number of halogens is 1. The first-order valence-corrected chi connectivity index (χ1v) is 7.72. The zero-order chi connectivity index (χ0) is 13.3. The Kier molecular flexibility index (Phi) is 3.36. The van der Waals surface area contributed by atoms with Gasteiger partial charge in [-0.1, -0.05) is 45.8 Å². The second kappa shape index (κ2) is 5.02. The Labute approximate surface area is 123 Å². The molecule has 1 aromatic heterocycles. The molecule has 0 spiro atoms. The molecule has 1 fully saturated rings. The average molecular weight is 338 g/mol. The molecule has 6 heteroatoms. The van der Waals surface area contributed by atoms with Crippen molar-refractivity contribution in [1.82, 2.24) is 10.2 Å². The minimum absolute atomic E-state index is 0.0258. The molecule has 0 bridgehead atoms. The maximum atomic E-state index is 12.5. The summed E-state index contributed by atoms with van der Waals surface area (Å²) >= 11 is 4.76. The highest BCUT2D eigenvalue weighted by Crippen LogP contribution is 2.44. The van der Waals surface area contributed by atoms with Gasteiger partial charge >= 0.3 is 0 Å². The van der Waals surface area contributed by atoms with Gasteiger partial charge in [0.1, 0.15) is 5.51 Å². The predicted octanol–water partition coefficient (Wildman–Crippen LogP) is 3.36. The van der Waals surface area contributed by atoms with E-state index in [1.54, 1.807) is 5.51 Å². The van der Waals surface area contributed by atoms with Crippen LogP contribution in [-0.2, 0) is 10.2 Å². The van der Waals surface area contributed by atoms with Crippen LogP contribution in [-0.4, -0.2) is 16.1 Å². The topological polar surface area (TPSA) is 54.9 Å². The molecule has 1 aliphatic carbocycles. The van der Waals surface area contributed by atoms with E-state index < -0.39 is 5.41 Å². The van der Waals surface area contributed by atoms with Crippen LogP contribution in [0.3, 0.4) is 0 Å². The fraction of sp³-hybridized carbons (Fsp3) is 0.308. The zero-order valence-corrected chi connectivity index (χ0v) is 12.5. The number of benzene rings is 1. The lowest BCUT2D eigenvalue weighted by Gasteiger charge is -2.40. The van der Waals surface area contributed by atoms with Gasteiger partial charge in [-0.25, -0.2) is 0 Å². The summed E-state index contributed by atoms with van der Waals surface area (Å²) in [6, 6.07) is 7.99. The molecule has 0 radical (unpaired) electrons. The molecule has 1 aliphatic rings. The van der Waals surface area contributed by atoms with Crippen molar-refractivity contribution in [3.8, 4) is 0 Å². The molecule has 98 valence electrons. The number of amides is 1. The van der Waals surface area contributed by atoms with Gasteiger partial charge in [0.2, 0.25) is 11.0 Å². The Morgan fingerprint density at radius 2 is 2.05 bits per heavy atom. The molecule has 0 atom stereocenters. The molecule has 3 rings (SSSR count). The smallest absolute Gasteiger partial charge is 0.236 e. The second-order valence-electron chi connectivity index (χ2n) is 4.64. The third-order valence-electron chi connectivity index (χ3n) is 3.62. The zero-order valence-electron chi connectivity index (χ0n) is 10.1. The Morgan fingerprint density at radius 1 is 1.32 bits per heavy atom. The summed E-state index contributed by atoms with van der Waals surface area (Å²) in [5, 5.41) is 11.0. The van der Waals surface area contributed by atoms with Crippen molar-refractivity contribution < 1.29 is 4.79 Å². The highest BCUT2D eigenvalue weighted by molar-refractivity contribution is 9.10. The number of nitrogens with zero attached hydrogens (tertiary/aromatic N) is 2. The van der Waals surface area contributed by atoms with Gasteiger partial charge in [-0.2, -0.15) is 0 Å². The van der Waals surface area contributed by atoms with Crippen LogP contribution < -0.4 is 5.32 Å². The molecule has 1 heterocycles. The number of aromatic nitrogens is 2. The van der Waals surface area contributed by atoms with Crippen LogP contribution in [0.15, 0.2) is 34.2 Å². The number of carbonyl (C=O) groups is 1. The number of anilines is 1. The molecule has 1 saturated carbocycles. The summed E-state index contributed by atoms with van der Waals surface area (Å²) in [7, 11) is 0. The number of hydrogen-bond donors (Lipinski definition) is 1. The number of rotatable bonds is 3. The third-order valence-corrected chi connectivity index (χ3v) is 4.75. The molecule has 19 heavy (non-hydrogen) atoms. The minimum Gasteiger partial charge on any atom is -0.300 e. The summed E-state index contributed by atoms with van der Waals surface area (Å²) < 4.78 is 1.02. The lowest BCUT2D eigenvalue weighted by molar-refractivity contribution is -0.124. The summed E-state index contributed by atoms with van der Waals surface area (Å²) in [6.07, 6.45) is 2.86. The molecule has 4 nitrogen and oxygen atoms in total. The van der Waals surface area contributed by atoms with Crippen LogP contribution in [0, 0.1) is 0 Å². The van der Waals surface area contributed by atoms with E-state index in [4.69, 9.17) is 0 Å². The van der Waals surface area contributed by atoms with E-state index in [0.717, 1.165) is 29.3 Å². The summed E-state index contributed by atoms with van der Waals surface area (Å²) in [4.78, 5) is 12.5. The number of nitrogens with one attached hydrogen (secondary N) is 1. The van der Waals surface area contributed by atoms with Gasteiger partial charge in [0, 0.05) is 4.47 Å². The van der Waals surface area contributed by atoms with Gasteiger partial charge in [-0.15, -0.1) is 10.2 Å². The lowest BCUT2D eigenvalue weighted by Crippen LogP contribution is -2.45. The molecule has 0 saturated heterocycles. The van der Waals surface area contributed by atoms with Crippen molar-refractivity contribution in [2.24, 2.45) is 0 Å². The summed E-state index contributed by atoms with van der Waals surface area (Å²) in [6.45, 7) is 0. The maximum absolute atomic E-state index is 12.5. The molecule has 1 amide bonds. The van der Waals surface area contributed by atoms with E-state index >= 15 is 0 Å². The molecular formula is C13H12BrN3OS. The average Bonchev–Trinajstić information content (AvgIpc) is 2.83. The predicted molar refractivity (Wildman–Crippen MR) is 78.2 cm³/mol. The first-order chi connectivity index (χ1) is 9.21. The Balaban J connectivity index is 1.86. The van der Waals surface area contributed by atoms with Crippen molar-refractivity contribution in [2.45, 2.75) is 24.7 Å². The highest BCUT2D eigenvalue weighted by Gasteiger charge is 2.45. The monoisotopic (exact) mass is 337 g/mol. The maximum Gasteiger partial charge on any atom is 0.236 e. The van der Waals surface area contributed by atoms with Crippen molar-refractivity contribution in [3.63, 3.8) is 0 Å². The van der Waals surface area contributed by atoms with Gasteiger partial charge < -0.3 is 0 Å². The lowest BCUT2D eigenvalue weighted by atomic mass is 9.64. The van der Waals surface area contributed by atoms with Gasteiger partial charge in [0.25, 0.3) is 0 Å². The van der Waals surface area contributed by atoms with Crippen LogP contribution in [0.25, 0.3) is 0 Å². The number of hydrogen-bond acceptors (Lipinski definition) is 4. The van der Waals surface area contributed by atoms with E-state index in [0.29, 0.717) is 5.13 Å². The van der Waals surface area contributed by atoms with Crippen molar-refractivity contribution in [3.05, 3.63) is 39.8 Å². The van der Waals surface area contributed by atoms with E-state index in [2.05, 4.69) is 31.4 Å². The van der Waals surface area contributed by atoms with E-state index in [1.165, 1.54) is 11.3 Å². The van der Waals surface area contributed by atoms with Crippen molar-refractivity contribution in [2.75, 3.05) is 5.32 Å². The van der Waals surface area contributed by atoms with Gasteiger partial charge in [0.05, 0.1) is 5.41 Å². The normalized spacial score (nSPS) is 16.7. The van der Waals surface area contributed by atoms with Crippen molar-refractivity contribution in [1.29, 1.82) is 0 Å². The standard InChI is InChI=1S/C13H12BrN3OS/c14-10-4-2-9(3-5-10)13(6-1-7-13)11(18)16-12-17-15-8-19-12/h2-5,8H,1,6-7H2,(H,16,17,18). The van der Waals surface area contributed by atoms with Crippen LogP contribution in [0.5, 0.6) is 0 Å². The van der Waals surface area contributed by atoms with Gasteiger partial charge in [-0.05, 0) is 30.5 Å². The Morgan fingerprint density at radius 3 is 2.58 bits per heavy atom. The highest BCUT2D eigenvalue weighted by atomic mass is 79.9. The van der Waals surface area contributed by atoms with Crippen LogP contribution in [0.4, 0.5) is 5.13 Å². The Bertz CT molecular complexity index is 578. The largest absolute Gasteiger partial charge is 0.300 e. The second-order valence-corrected chi connectivity index (χ2v) is 6.39.